The van der Waals surface area contributed by atoms with Gasteiger partial charge in [0.1, 0.15) is 90.3 Å². The van der Waals surface area contributed by atoms with Gasteiger partial charge in [0, 0.05) is 98.3 Å². The van der Waals surface area contributed by atoms with Gasteiger partial charge in [0.2, 0.25) is 94.5 Å². The topological polar surface area (TPSA) is 678 Å². The van der Waals surface area contributed by atoms with Gasteiger partial charge in [-0.2, -0.15) is 0 Å². The first kappa shape index (κ1) is 104. The van der Waals surface area contributed by atoms with Crippen molar-refractivity contribution in [2.45, 2.75) is 216 Å². The van der Waals surface area contributed by atoms with Gasteiger partial charge in [-0.25, -0.2) is 4.98 Å². The number of pyridine rings is 1. The van der Waals surface area contributed by atoms with Crippen LogP contribution in [0.5, 0.6) is 5.75 Å². The van der Waals surface area contributed by atoms with Crippen molar-refractivity contribution >= 4 is 139 Å². The Hall–Kier alpha value is -13.6. The Labute approximate surface area is 761 Å². The number of aromatic nitrogens is 4. The number of aromatic hydroxyl groups is 1. The van der Waals surface area contributed by atoms with Crippen molar-refractivity contribution in [2.75, 3.05) is 24.6 Å². The van der Waals surface area contributed by atoms with Gasteiger partial charge < -0.3 is 122 Å². The molecule has 0 spiro atoms. The summed E-state index contributed by atoms with van der Waals surface area (Å²) in [5, 5.41) is 80.0. The number of aliphatic hydroxyl groups excluding tert-OH is 1. The minimum Gasteiger partial charge on any atom is -0.508 e. The van der Waals surface area contributed by atoms with Crippen LogP contribution in [0.25, 0.3) is 10.9 Å². The lowest BCUT2D eigenvalue weighted by molar-refractivity contribution is -0.141. The standard InChI is InChI=1S/C86H115N21O22S2/c1-44(2)30-60-82(125)106-71(45(3)4)85(128)103-63(34-52-38-91-56-20-12-11-19-55(52)56)79(122)105-67(84(127)107-72(47(6)108)86(129)102-62(31-49-16-9-8-10-17-49)77(120)98-59(73(88)116)33-51-18-15-29-89-37-51)42-131-130-41-66(104-81(124)65(36-70(114)115)95-48(7)109)83(126)94-46(5)74(117)99-61(32-50-22-24-54(110)25-23-50)78(121)101-64(35-53-39-90-43-93-53)80(123)97-57(21-13-14-28-87)75(118)92-40-68(111)96-58(76(119)100-60)26-27-69(112)113/h8-12,15-20,22-25,29,37-39,43-47,57-67,71-72,91,108,110H,13-14,21,26-28,30-36,40-42,87H2,1-7H3,(H2,88,116)(H,90,93)(H,92,118)(H,94,126)(H,95,109)(H,96,111)(H,97,123)(H,98,120)(H,99,117)(H,100,119)(H,101,121)(H,102,129)(H,103,128)(H,104,124)(H,105,122)(H,106,125)(H,107,127)(H,112,113)(H,114,115)/t46-,47+,57-,58-,59?,60-,61-,62-,63-,64-,65-,66-,67-,71-,72-/m0/s1. The number of phenols is 1. The molecule has 1 aliphatic rings. The van der Waals surface area contributed by atoms with E-state index in [0.29, 0.717) is 61.2 Å². The lowest BCUT2D eigenvalue weighted by Gasteiger charge is -2.30. The average Bonchev–Trinajstić information content (AvgIpc) is 1.78. The number of carbonyl (C=O) groups is 18. The summed E-state index contributed by atoms with van der Waals surface area (Å²) < 4.78 is 0. The maximum absolute atomic E-state index is 15.6. The molecule has 0 radical (unpaired) electrons. The molecule has 25 N–H and O–H groups in total. The average molecular weight is 1860 g/mol. The monoisotopic (exact) mass is 1860 g/mol. The minimum absolute atomic E-state index is 0.121. The van der Waals surface area contributed by atoms with Crippen LogP contribution < -0.4 is 91.2 Å². The van der Waals surface area contributed by atoms with Crippen LogP contribution in [-0.4, -0.2) is 262 Å². The summed E-state index contributed by atoms with van der Waals surface area (Å²) >= 11 is 0. The molecule has 1 saturated heterocycles. The number of hydrogen-bond acceptors (Lipinski definition) is 25. The number of carboxylic acid groups (broad SMARTS) is 2. The third-order valence-electron chi connectivity index (χ3n) is 20.7. The van der Waals surface area contributed by atoms with Crippen LogP contribution in [-0.2, 0) is 118 Å². The van der Waals surface area contributed by atoms with Gasteiger partial charge in [0.25, 0.3) is 0 Å². The number of fused-ring (bicyclic) bond motifs is 1. The number of nitrogens with zero attached hydrogens (tertiary/aromatic N) is 2. The fourth-order valence-corrected chi connectivity index (χ4v) is 16.0. The van der Waals surface area contributed by atoms with Crippen LogP contribution in [0.3, 0.4) is 0 Å². The highest BCUT2D eigenvalue weighted by molar-refractivity contribution is 8.76. The Morgan fingerprint density at radius 2 is 1.15 bits per heavy atom. The van der Waals surface area contributed by atoms with Crippen molar-refractivity contribution in [1.82, 2.24) is 99.7 Å². The number of unbranched alkanes of at least 4 members (excludes halogenated alkanes) is 1. The number of H-pyrrole nitrogens is 2. The number of nitrogens with one attached hydrogen (secondary N) is 17. The first-order valence-electron chi connectivity index (χ1n) is 42.3. The lowest BCUT2D eigenvalue weighted by atomic mass is 9.98. The van der Waals surface area contributed by atoms with Gasteiger partial charge >= 0.3 is 11.9 Å². The summed E-state index contributed by atoms with van der Waals surface area (Å²) in [6, 6.07) is -0.0195. The lowest BCUT2D eigenvalue weighted by Crippen LogP contribution is -2.63. The Morgan fingerprint density at radius 1 is 0.542 bits per heavy atom. The van der Waals surface area contributed by atoms with Crippen molar-refractivity contribution in [3.63, 3.8) is 0 Å². The molecule has 3 aromatic carbocycles. The van der Waals surface area contributed by atoms with Gasteiger partial charge in [-0.3, -0.25) is 91.3 Å². The molecule has 43 nitrogen and oxygen atoms in total. The zero-order valence-corrected chi connectivity index (χ0v) is 74.8. The predicted octanol–water partition coefficient (Wildman–Crippen LogP) is -3.12. The van der Waals surface area contributed by atoms with Crippen molar-refractivity contribution in [2.24, 2.45) is 23.3 Å². The number of benzene rings is 3. The van der Waals surface area contributed by atoms with Crippen molar-refractivity contribution < 1.29 is 107 Å². The largest absolute Gasteiger partial charge is 0.508 e. The SMILES string of the molecule is CC(=O)N[C@@H](CC(=O)O)C(=O)N[C@H]1CSSC[C@@H](C(=O)N[C@H](C(=O)N[C@@H](Cc2ccccc2)C(=O)NC(Cc2cccnc2)C(N)=O)[C@@H](C)O)NC(=O)[C@H](Cc2c[nH]c3ccccc23)NC(=O)[C@H](C(C)C)NC(=O)[C@H](CC(C)C)NC(=O)[C@H](CCC(=O)O)NC(=O)CNC(=O)[C@H](CCCCN)NC(=O)[C@H](Cc2cnc[nH]2)NC(=O)[C@H](Cc2ccc(O)cc2)NC(=O)[C@H](C)NC1=O. The Balaban J connectivity index is 1.34. The van der Waals surface area contributed by atoms with Crippen LogP contribution in [0.4, 0.5) is 0 Å². The summed E-state index contributed by atoms with van der Waals surface area (Å²) in [5.74, 6) is -22.7. The molecule has 0 saturated carbocycles. The molecule has 3 aromatic heterocycles. The van der Waals surface area contributed by atoms with Gasteiger partial charge in [0.05, 0.1) is 25.4 Å². The number of carbonyl (C=O) groups excluding carboxylic acids is 16. The zero-order valence-electron chi connectivity index (χ0n) is 73.2. The second kappa shape index (κ2) is 52.2. The summed E-state index contributed by atoms with van der Waals surface area (Å²) in [7, 11) is 1.40. The predicted molar refractivity (Wildman–Crippen MR) is 478 cm³/mol. The van der Waals surface area contributed by atoms with E-state index in [0.717, 1.165) is 13.8 Å². The highest BCUT2D eigenvalue weighted by Gasteiger charge is 2.40. The molecular weight excluding hydrogens is 1740 g/mol. The number of aliphatic carboxylic acids is 2. The minimum atomic E-state index is -2.02. The molecule has 0 aliphatic carbocycles. The number of phenolic OH excluding ortho intramolecular Hbond substituents is 1. The van der Waals surface area contributed by atoms with Crippen LogP contribution in [0.1, 0.15) is 121 Å². The molecule has 1 fully saturated rings. The molecule has 6 aromatic rings. The summed E-state index contributed by atoms with van der Waals surface area (Å²) in [6.45, 7) is 8.94. The maximum atomic E-state index is 15.6. The zero-order chi connectivity index (χ0) is 96.1. The van der Waals surface area contributed by atoms with Crippen molar-refractivity contribution in [1.29, 1.82) is 0 Å². The van der Waals surface area contributed by atoms with E-state index in [1.165, 1.54) is 70.0 Å². The van der Waals surface area contributed by atoms with E-state index in [2.05, 4.69) is 99.7 Å². The van der Waals surface area contributed by atoms with E-state index >= 15 is 14.4 Å². The van der Waals surface area contributed by atoms with Crippen molar-refractivity contribution in [3.8, 4) is 5.75 Å². The van der Waals surface area contributed by atoms with E-state index in [1.54, 1.807) is 86.8 Å². The molecule has 1 unspecified atom stereocenters. The molecule has 708 valence electrons. The molecule has 4 heterocycles. The first-order chi connectivity index (χ1) is 62.2. The van der Waals surface area contributed by atoms with Gasteiger partial charge in [-0.15, -0.1) is 0 Å². The van der Waals surface area contributed by atoms with Crippen molar-refractivity contribution in [3.05, 3.63) is 150 Å². The van der Waals surface area contributed by atoms with Crippen LogP contribution in [0.2, 0.25) is 0 Å². The molecule has 15 atom stereocenters. The maximum Gasteiger partial charge on any atom is 0.305 e. The third-order valence-corrected chi connectivity index (χ3v) is 23.1. The van der Waals surface area contributed by atoms with Gasteiger partial charge in [-0.05, 0) is 111 Å². The number of para-hydroxylation sites is 1. The fraction of sp³-hybridized carbons (Fsp3) is 0.465. The molecular formula is C86H115N21O22S2. The van der Waals surface area contributed by atoms with E-state index in [9.17, 15) is 92.3 Å². The first-order valence-corrected chi connectivity index (χ1v) is 44.8. The summed E-state index contributed by atoms with van der Waals surface area (Å²) in [4.78, 5) is 271. The number of rotatable bonds is 33. The number of primary amides is 1. The van der Waals surface area contributed by atoms with E-state index in [-0.39, 0.29) is 62.9 Å². The van der Waals surface area contributed by atoms with E-state index in [4.69, 9.17) is 11.5 Å². The Bertz CT molecular complexity index is 4940. The highest BCUT2D eigenvalue weighted by atomic mass is 33.1. The molecule has 1 aliphatic heterocycles. The molecule has 45 heteroatoms. The number of amides is 16. The smallest absolute Gasteiger partial charge is 0.305 e. The van der Waals surface area contributed by atoms with E-state index in [1.807, 2.05) is 0 Å². The van der Waals surface area contributed by atoms with Crippen LogP contribution in [0.15, 0.2) is 122 Å². The normalized spacial score (nSPS) is 21.3. The Morgan fingerprint density at radius 3 is 1.78 bits per heavy atom. The van der Waals surface area contributed by atoms with Gasteiger partial charge in [-0.1, -0.05) is 116 Å². The highest BCUT2D eigenvalue weighted by Crippen LogP contribution is 2.26. The molecule has 0 bridgehead atoms. The third kappa shape index (κ3) is 34.8. The molecule has 131 heavy (non-hydrogen) atoms. The number of hydrogen-bond donors (Lipinski definition) is 23. The van der Waals surface area contributed by atoms with Crippen LogP contribution >= 0.6 is 21.6 Å². The second-order valence-electron chi connectivity index (χ2n) is 32.2. The molecule has 16 amide bonds. The second-order valence-corrected chi connectivity index (χ2v) is 34.8. The fourth-order valence-electron chi connectivity index (χ4n) is 13.7. The molecule has 7 rings (SSSR count). The summed E-state index contributed by atoms with van der Waals surface area (Å²) in [6.07, 6.45) is 1.64. The number of aromatic amines is 2. The van der Waals surface area contributed by atoms with Crippen LogP contribution in [0, 0.1) is 11.8 Å². The number of aliphatic hydroxyl groups is 1. The number of carboxylic acids is 2. The Kier molecular flexibility index (Phi) is 41.6. The number of nitrogens with two attached hydrogens (primary N) is 2. The summed E-state index contributed by atoms with van der Waals surface area (Å²) in [5.41, 5.74) is 14.2. The quantitative estimate of drug-likeness (QED) is 0.0143. The van der Waals surface area contributed by atoms with Gasteiger partial charge in [0.15, 0.2) is 0 Å². The van der Waals surface area contributed by atoms with E-state index < -0.39 is 253 Å². The number of imidazole rings is 1.